The van der Waals surface area contributed by atoms with E-state index < -0.39 is 0 Å². The van der Waals surface area contributed by atoms with Crippen LogP contribution >= 0.6 is 27.3 Å². The zero-order valence-electron chi connectivity index (χ0n) is 11.7. The molecule has 0 radical (unpaired) electrons. The fraction of sp³-hybridized carbons (Fsp3) is 0.412. The van der Waals surface area contributed by atoms with Gasteiger partial charge in [0.2, 0.25) is 0 Å². The molecule has 1 atom stereocenters. The number of rotatable bonds is 5. The van der Waals surface area contributed by atoms with E-state index in [9.17, 15) is 0 Å². The maximum Gasteiger partial charge on any atom is 0.0701 e. The molecule has 1 aliphatic rings. The average molecular weight is 350 g/mol. The summed E-state index contributed by atoms with van der Waals surface area (Å²) in [5.41, 5.74) is 1.83. The Bertz CT molecular complexity index is 559. The lowest BCUT2D eigenvalue weighted by molar-refractivity contribution is 0.174. The first kappa shape index (κ1) is 14.3. The van der Waals surface area contributed by atoms with E-state index >= 15 is 0 Å². The Morgan fingerprint density at radius 2 is 1.95 bits per heavy atom. The number of benzene rings is 1. The van der Waals surface area contributed by atoms with E-state index in [-0.39, 0.29) is 0 Å². The summed E-state index contributed by atoms with van der Waals surface area (Å²) < 4.78 is 1.23. The summed E-state index contributed by atoms with van der Waals surface area (Å²) in [4.78, 5) is 1.46. The Kier molecular flexibility index (Phi) is 4.29. The van der Waals surface area contributed by atoms with Gasteiger partial charge in [0.1, 0.15) is 0 Å². The summed E-state index contributed by atoms with van der Waals surface area (Å²) in [6.45, 7) is 0. The molecule has 1 aliphatic carbocycles. The van der Waals surface area contributed by atoms with Crippen LogP contribution in [0.25, 0.3) is 0 Å². The van der Waals surface area contributed by atoms with Gasteiger partial charge in [-0.3, -0.25) is 0 Å². The molecule has 0 spiro atoms. The number of hydrogen-bond donors (Lipinski definition) is 1. The quantitative estimate of drug-likeness (QED) is 0.820. The molecule has 1 nitrogen and oxygen atoms in total. The molecule has 3 rings (SSSR count). The smallest absolute Gasteiger partial charge is 0.0701 e. The zero-order chi connectivity index (χ0) is 14.0. The predicted molar refractivity (Wildman–Crippen MR) is 90.5 cm³/mol. The minimum Gasteiger partial charge on any atom is -0.316 e. The van der Waals surface area contributed by atoms with Gasteiger partial charge in [0.25, 0.3) is 0 Å². The molecule has 1 saturated carbocycles. The lowest BCUT2D eigenvalue weighted by Gasteiger charge is -2.48. The molecule has 0 aliphatic heterocycles. The van der Waals surface area contributed by atoms with Gasteiger partial charge >= 0.3 is 0 Å². The van der Waals surface area contributed by atoms with Gasteiger partial charge in [-0.1, -0.05) is 36.8 Å². The summed E-state index contributed by atoms with van der Waals surface area (Å²) in [5.74, 6) is 0. The van der Waals surface area contributed by atoms with E-state index in [1.54, 1.807) is 0 Å². The van der Waals surface area contributed by atoms with E-state index in [2.05, 4.69) is 70.8 Å². The number of halogens is 1. The highest BCUT2D eigenvalue weighted by molar-refractivity contribution is 9.11. The third-order valence-corrected chi connectivity index (χ3v) is 6.29. The van der Waals surface area contributed by atoms with Crippen LogP contribution in [0.4, 0.5) is 0 Å². The van der Waals surface area contributed by atoms with Gasteiger partial charge in [0.15, 0.2) is 0 Å². The molecule has 0 bridgehead atoms. The topological polar surface area (TPSA) is 12.0 Å². The largest absolute Gasteiger partial charge is 0.316 e. The number of thiophene rings is 1. The summed E-state index contributed by atoms with van der Waals surface area (Å²) in [6.07, 6.45) is 5.06. The van der Waals surface area contributed by atoms with Crippen molar-refractivity contribution < 1.29 is 0 Å². The molecular formula is C17H20BrNS. The van der Waals surface area contributed by atoms with Gasteiger partial charge in [-0.2, -0.15) is 0 Å². The highest BCUT2D eigenvalue weighted by atomic mass is 79.9. The van der Waals surface area contributed by atoms with Crippen molar-refractivity contribution in [3.8, 4) is 0 Å². The van der Waals surface area contributed by atoms with Crippen molar-refractivity contribution in [3.05, 3.63) is 56.7 Å². The summed E-state index contributed by atoms with van der Waals surface area (Å²) in [6, 6.07) is 16.0. The Morgan fingerprint density at radius 3 is 2.45 bits per heavy atom. The van der Waals surface area contributed by atoms with Gasteiger partial charge in [-0.25, -0.2) is 0 Å². The van der Waals surface area contributed by atoms with Gasteiger partial charge < -0.3 is 5.32 Å². The van der Waals surface area contributed by atoms with Crippen LogP contribution in [0.5, 0.6) is 0 Å². The molecule has 1 fully saturated rings. The lowest BCUT2D eigenvalue weighted by atomic mass is 9.59. The summed E-state index contributed by atoms with van der Waals surface area (Å²) >= 11 is 5.42. The Hall–Kier alpha value is -0.640. The van der Waals surface area contributed by atoms with Gasteiger partial charge in [0, 0.05) is 16.3 Å². The highest BCUT2D eigenvalue weighted by Gasteiger charge is 2.44. The zero-order valence-corrected chi connectivity index (χ0v) is 14.1. The molecule has 0 saturated heterocycles. The first-order valence-electron chi connectivity index (χ1n) is 7.21. The first-order chi connectivity index (χ1) is 9.74. The van der Waals surface area contributed by atoms with Crippen LogP contribution in [0.15, 0.2) is 46.3 Å². The van der Waals surface area contributed by atoms with Crippen molar-refractivity contribution in [2.45, 2.75) is 37.1 Å². The molecule has 1 heterocycles. The summed E-state index contributed by atoms with van der Waals surface area (Å²) in [5, 5.41) is 3.59. The Balaban J connectivity index is 1.86. The van der Waals surface area contributed by atoms with Crippen LogP contribution in [0.2, 0.25) is 0 Å². The van der Waals surface area contributed by atoms with Crippen molar-refractivity contribution in [1.29, 1.82) is 0 Å². The summed E-state index contributed by atoms with van der Waals surface area (Å²) in [7, 11) is 2.11. The number of nitrogens with one attached hydrogen (secondary N) is 1. The maximum atomic E-state index is 3.59. The van der Waals surface area contributed by atoms with Crippen molar-refractivity contribution in [2.75, 3.05) is 7.05 Å². The van der Waals surface area contributed by atoms with E-state index in [4.69, 9.17) is 0 Å². The lowest BCUT2D eigenvalue weighted by Crippen LogP contribution is -2.52. The standard InChI is InChI=1S/C17H20BrNS/c1-19-15(12-14-8-9-16(18)20-14)17(10-5-11-17)13-6-3-2-4-7-13/h2-4,6-9,15,19H,5,10-12H2,1H3. The molecule has 2 aromatic rings. The highest BCUT2D eigenvalue weighted by Crippen LogP contribution is 2.47. The van der Waals surface area contributed by atoms with E-state index in [0.29, 0.717) is 11.5 Å². The average Bonchev–Trinajstić information content (AvgIpc) is 2.83. The van der Waals surface area contributed by atoms with Crippen molar-refractivity contribution >= 4 is 27.3 Å². The molecule has 1 unspecified atom stereocenters. The second-order valence-electron chi connectivity index (χ2n) is 5.63. The fourth-order valence-electron chi connectivity index (χ4n) is 3.40. The second kappa shape index (κ2) is 6.00. The molecule has 1 aromatic heterocycles. The molecular weight excluding hydrogens is 330 g/mol. The Labute approximate surface area is 133 Å². The SMILES string of the molecule is CNC(Cc1ccc(Br)s1)C1(c2ccccc2)CCC1. The normalized spacial score (nSPS) is 18.5. The van der Waals surface area contributed by atoms with Crippen LogP contribution in [0.3, 0.4) is 0 Å². The van der Waals surface area contributed by atoms with Crippen LogP contribution in [0.1, 0.15) is 29.7 Å². The Morgan fingerprint density at radius 1 is 1.20 bits per heavy atom. The van der Waals surface area contributed by atoms with Crippen LogP contribution in [-0.4, -0.2) is 13.1 Å². The second-order valence-corrected chi connectivity index (χ2v) is 8.17. The molecule has 0 amide bonds. The van der Waals surface area contributed by atoms with E-state index in [1.807, 2.05) is 11.3 Å². The van der Waals surface area contributed by atoms with Crippen LogP contribution in [0, 0.1) is 0 Å². The number of hydrogen-bond acceptors (Lipinski definition) is 2. The third kappa shape index (κ3) is 2.59. The van der Waals surface area contributed by atoms with E-state index in [0.717, 1.165) is 6.42 Å². The third-order valence-electron chi connectivity index (χ3n) is 4.64. The molecule has 1 N–H and O–H groups in total. The van der Waals surface area contributed by atoms with Crippen LogP contribution in [-0.2, 0) is 11.8 Å². The predicted octanol–water partition coefficient (Wildman–Crippen LogP) is 4.76. The first-order valence-corrected chi connectivity index (χ1v) is 8.82. The molecule has 3 heteroatoms. The molecule has 106 valence electrons. The maximum absolute atomic E-state index is 3.59. The van der Waals surface area contributed by atoms with Gasteiger partial charge in [0.05, 0.1) is 3.79 Å². The fourth-order valence-corrected chi connectivity index (χ4v) is 4.93. The van der Waals surface area contributed by atoms with Crippen molar-refractivity contribution in [2.24, 2.45) is 0 Å². The van der Waals surface area contributed by atoms with Gasteiger partial charge in [-0.15, -0.1) is 11.3 Å². The molecule has 20 heavy (non-hydrogen) atoms. The van der Waals surface area contributed by atoms with E-state index in [1.165, 1.54) is 33.5 Å². The van der Waals surface area contributed by atoms with Crippen LogP contribution < -0.4 is 5.32 Å². The minimum atomic E-state index is 0.326. The van der Waals surface area contributed by atoms with Crippen molar-refractivity contribution in [3.63, 3.8) is 0 Å². The monoisotopic (exact) mass is 349 g/mol. The van der Waals surface area contributed by atoms with Crippen molar-refractivity contribution in [1.82, 2.24) is 5.32 Å². The van der Waals surface area contributed by atoms with Gasteiger partial charge in [-0.05, 0) is 59.9 Å². The number of likely N-dealkylation sites (N-methyl/N-ethyl adjacent to an activating group) is 1. The minimum absolute atomic E-state index is 0.326. The molecule has 1 aromatic carbocycles.